The Bertz CT molecular complexity index is 270. The molecule has 0 heterocycles. The standard InChI is InChI=1S/C12H24N4O/c1-4-7-16(10-12(2,3)9-14)8-11(17)15-6-5-13/h4,6-10,14H2,1-3H3,(H,15,17). The van der Waals surface area contributed by atoms with Crippen molar-refractivity contribution in [3.63, 3.8) is 0 Å². The van der Waals surface area contributed by atoms with E-state index in [1.165, 1.54) is 0 Å². The largest absolute Gasteiger partial charge is 0.342 e. The van der Waals surface area contributed by atoms with E-state index in [1.54, 1.807) is 0 Å². The Morgan fingerprint density at radius 1 is 1.53 bits per heavy atom. The first-order valence-corrected chi connectivity index (χ1v) is 6.01. The highest BCUT2D eigenvalue weighted by Gasteiger charge is 2.21. The molecule has 17 heavy (non-hydrogen) atoms. The summed E-state index contributed by atoms with van der Waals surface area (Å²) in [5, 5.41) is 10.9. The normalized spacial score (nSPS) is 11.3. The molecule has 0 atom stereocenters. The van der Waals surface area contributed by atoms with Crippen molar-refractivity contribution in [2.45, 2.75) is 27.2 Å². The molecule has 0 fully saturated rings. The Labute approximate surface area is 104 Å². The third-order valence-electron chi connectivity index (χ3n) is 2.48. The number of nitrogens with one attached hydrogen (secondary N) is 1. The van der Waals surface area contributed by atoms with Crippen LogP contribution in [0.5, 0.6) is 0 Å². The molecule has 0 aliphatic rings. The van der Waals surface area contributed by atoms with E-state index in [9.17, 15) is 4.79 Å². The number of carbonyl (C=O) groups excluding carboxylic acids is 1. The van der Waals surface area contributed by atoms with Gasteiger partial charge < -0.3 is 11.1 Å². The van der Waals surface area contributed by atoms with Crippen LogP contribution in [0.15, 0.2) is 0 Å². The average molecular weight is 240 g/mol. The fourth-order valence-corrected chi connectivity index (χ4v) is 1.60. The molecule has 0 aliphatic carbocycles. The molecule has 0 aromatic carbocycles. The van der Waals surface area contributed by atoms with Crippen LogP contribution < -0.4 is 11.1 Å². The van der Waals surface area contributed by atoms with E-state index in [0.29, 0.717) is 13.1 Å². The lowest BCUT2D eigenvalue weighted by molar-refractivity contribution is -0.122. The predicted octanol–water partition coefficient (Wildman–Crippen LogP) is 0.323. The van der Waals surface area contributed by atoms with Crippen molar-refractivity contribution in [2.24, 2.45) is 11.1 Å². The molecule has 0 unspecified atom stereocenters. The van der Waals surface area contributed by atoms with Gasteiger partial charge in [0.05, 0.1) is 12.6 Å². The van der Waals surface area contributed by atoms with E-state index in [1.807, 2.05) is 6.07 Å². The monoisotopic (exact) mass is 240 g/mol. The maximum Gasteiger partial charge on any atom is 0.235 e. The minimum atomic E-state index is -0.104. The first-order chi connectivity index (χ1) is 7.95. The van der Waals surface area contributed by atoms with Crippen LogP contribution >= 0.6 is 0 Å². The topological polar surface area (TPSA) is 82.2 Å². The van der Waals surface area contributed by atoms with Crippen molar-refractivity contribution in [3.05, 3.63) is 0 Å². The van der Waals surface area contributed by atoms with Crippen molar-refractivity contribution >= 4 is 5.91 Å². The van der Waals surface area contributed by atoms with Gasteiger partial charge in [0, 0.05) is 6.54 Å². The Balaban J connectivity index is 4.24. The van der Waals surface area contributed by atoms with Crippen LogP contribution in [-0.2, 0) is 4.79 Å². The number of amides is 1. The fraction of sp³-hybridized carbons (Fsp3) is 0.833. The number of hydrogen-bond acceptors (Lipinski definition) is 4. The van der Waals surface area contributed by atoms with Gasteiger partial charge in [0.25, 0.3) is 0 Å². The summed E-state index contributed by atoms with van der Waals surface area (Å²) in [7, 11) is 0. The second-order valence-electron chi connectivity index (χ2n) is 5.01. The molecule has 0 aromatic heterocycles. The Morgan fingerprint density at radius 3 is 2.65 bits per heavy atom. The number of carbonyl (C=O) groups is 1. The summed E-state index contributed by atoms with van der Waals surface area (Å²) in [5.74, 6) is -0.104. The van der Waals surface area contributed by atoms with Crippen molar-refractivity contribution < 1.29 is 4.79 Å². The summed E-state index contributed by atoms with van der Waals surface area (Å²) >= 11 is 0. The van der Waals surface area contributed by atoms with E-state index in [4.69, 9.17) is 11.0 Å². The molecule has 0 rings (SSSR count). The lowest BCUT2D eigenvalue weighted by atomic mass is 9.93. The molecule has 5 nitrogen and oxygen atoms in total. The van der Waals surface area contributed by atoms with Gasteiger partial charge in [-0.2, -0.15) is 5.26 Å². The van der Waals surface area contributed by atoms with Crippen molar-refractivity contribution in [1.82, 2.24) is 10.2 Å². The molecule has 0 radical (unpaired) electrons. The Hall–Kier alpha value is -1.12. The minimum absolute atomic E-state index is 0.00464. The van der Waals surface area contributed by atoms with Gasteiger partial charge in [-0.15, -0.1) is 0 Å². The van der Waals surface area contributed by atoms with Gasteiger partial charge >= 0.3 is 0 Å². The summed E-state index contributed by atoms with van der Waals surface area (Å²) in [6, 6.07) is 1.89. The van der Waals surface area contributed by atoms with Crippen LogP contribution in [-0.4, -0.2) is 43.5 Å². The molecule has 3 N–H and O–H groups in total. The van der Waals surface area contributed by atoms with Crippen LogP contribution in [0.1, 0.15) is 27.2 Å². The molecule has 98 valence electrons. The van der Waals surface area contributed by atoms with E-state index < -0.39 is 0 Å². The van der Waals surface area contributed by atoms with Gasteiger partial charge in [0.15, 0.2) is 0 Å². The Morgan fingerprint density at radius 2 is 2.18 bits per heavy atom. The van der Waals surface area contributed by atoms with Gasteiger partial charge in [-0.1, -0.05) is 20.8 Å². The third-order valence-corrected chi connectivity index (χ3v) is 2.48. The van der Waals surface area contributed by atoms with E-state index in [0.717, 1.165) is 19.5 Å². The number of rotatable bonds is 8. The lowest BCUT2D eigenvalue weighted by Crippen LogP contribution is -2.44. The number of nitriles is 1. The molecule has 1 amide bonds. The van der Waals surface area contributed by atoms with Crippen LogP contribution in [0, 0.1) is 16.7 Å². The highest BCUT2D eigenvalue weighted by atomic mass is 16.2. The van der Waals surface area contributed by atoms with Crippen LogP contribution in [0.25, 0.3) is 0 Å². The first kappa shape index (κ1) is 15.9. The summed E-state index contributed by atoms with van der Waals surface area (Å²) in [6.07, 6.45) is 0.992. The molecular formula is C12H24N4O. The smallest absolute Gasteiger partial charge is 0.235 e. The van der Waals surface area contributed by atoms with Gasteiger partial charge in [-0.25, -0.2) is 0 Å². The zero-order chi connectivity index (χ0) is 13.3. The van der Waals surface area contributed by atoms with Gasteiger partial charge in [-0.3, -0.25) is 9.69 Å². The van der Waals surface area contributed by atoms with Crippen LogP contribution in [0.3, 0.4) is 0 Å². The predicted molar refractivity (Wildman–Crippen MR) is 68.2 cm³/mol. The zero-order valence-electron chi connectivity index (χ0n) is 11.1. The van der Waals surface area contributed by atoms with Crippen LogP contribution in [0.2, 0.25) is 0 Å². The maximum absolute atomic E-state index is 11.5. The molecule has 0 saturated heterocycles. The second-order valence-corrected chi connectivity index (χ2v) is 5.01. The number of nitrogens with two attached hydrogens (primary N) is 1. The van der Waals surface area contributed by atoms with E-state index >= 15 is 0 Å². The summed E-state index contributed by atoms with van der Waals surface area (Å²) in [5.41, 5.74) is 5.70. The van der Waals surface area contributed by atoms with Gasteiger partial charge in [0.1, 0.15) is 6.54 Å². The molecule has 0 spiro atoms. The first-order valence-electron chi connectivity index (χ1n) is 6.01. The molecule has 0 aliphatic heterocycles. The van der Waals surface area contributed by atoms with E-state index in [2.05, 4.69) is 31.0 Å². The number of hydrogen-bond donors (Lipinski definition) is 2. The quantitative estimate of drug-likeness (QED) is 0.599. The molecule has 0 bridgehead atoms. The summed E-state index contributed by atoms with van der Waals surface area (Å²) in [4.78, 5) is 13.6. The van der Waals surface area contributed by atoms with Crippen molar-refractivity contribution in [1.29, 1.82) is 5.26 Å². The Kier molecular flexibility index (Phi) is 7.51. The highest BCUT2D eigenvalue weighted by molar-refractivity contribution is 5.78. The second kappa shape index (κ2) is 8.04. The molecule has 0 saturated carbocycles. The van der Waals surface area contributed by atoms with Gasteiger partial charge in [-0.05, 0) is 24.9 Å². The third kappa shape index (κ3) is 7.72. The molecule has 0 aromatic rings. The summed E-state index contributed by atoms with van der Waals surface area (Å²) < 4.78 is 0. The maximum atomic E-state index is 11.5. The van der Waals surface area contributed by atoms with E-state index in [-0.39, 0.29) is 17.9 Å². The minimum Gasteiger partial charge on any atom is -0.342 e. The van der Waals surface area contributed by atoms with Gasteiger partial charge in [0.2, 0.25) is 5.91 Å². The SMILES string of the molecule is CCCN(CC(=O)NCC#N)CC(C)(C)CN. The lowest BCUT2D eigenvalue weighted by Gasteiger charge is -2.31. The number of nitrogens with zero attached hydrogens (tertiary/aromatic N) is 2. The van der Waals surface area contributed by atoms with Crippen molar-refractivity contribution in [3.8, 4) is 6.07 Å². The average Bonchev–Trinajstić information content (AvgIpc) is 2.26. The van der Waals surface area contributed by atoms with Crippen molar-refractivity contribution in [2.75, 3.05) is 32.7 Å². The van der Waals surface area contributed by atoms with Crippen LogP contribution in [0.4, 0.5) is 0 Å². The highest BCUT2D eigenvalue weighted by Crippen LogP contribution is 2.14. The zero-order valence-corrected chi connectivity index (χ0v) is 11.1. The summed E-state index contributed by atoms with van der Waals surface area (Å²) in [6.45, 7) is 8.90. The molecule has 5 heteroatoms. The molecular weight excluding hydrogens is 216 g/mol. The fourth-order valence-electron chi connectivity index (χ4n) is 1.60.